The van der Waals surface area contributed by atoms with Gasteiger partial charge in [-0.15, -0.1) is 0 Å². The second-order valence-corrected chi connectivity index (χ2v) is 6.37. The highest BCUT2D eigenvalue weighted by atomic mass is 16.3. The fourth-order valence-electron chi connectivity index (χ4n) is 2.64. The highest BCUT2D eigenvalue weighted by Gasteiger charge is 2.00. The van der Waals surface area contributed by atoms with Crippen molar-refractivity contribution in [2.24, 2.45) is 0 Å². The Morgan fingerprint density at radius 3 is 2.18 bits per heavy atom. The summed E-state index contributed by atoms with van der Waals surface area (Å²) >= 11 is 0. The Labute approximate surface area is 138 Å². The standard InChI is InChI=1S/C20H37O2/c1-2-3-4-14-17-20(22)18-15-12-10-8-6-5-7-9-11-13-16-19-21/h12,15,20,22H,2-11,13-14,16-18H2,1H3/b15-12+. The molecular formula is C20H37O2. The Bertz CT molecular complexity index is 248. The van der Waals surface area contributed by atoms with E-state index in [-0.39, 0.29) is 6.10 Å². The predicted octanol–water partition coefficient (Wildman–Crippen LogP) is 5.88. The molecule has 0 bridgehead atoms. The summed E-state index contributed by atoms with van der Waals surface area (Å²) in [6.45, 7) is 2.21. The van der Waals surface area contributed by atoms with Crippen molar-refractivity contribution in [3.8, 4) is 0 Å². The van der Waals surface area contributed by atoms with Crippen molar-refractivity contribution < 1.29 is 9.90 Å². The summed E-state index contributed by atoms with van der Waals surface area (Å²) in [5.74, 6) is 0. The average molecular weight is 310 g/mol. The molecule has 0 aromatic heterocycles. The lowest BCUT2D eigenvalue weighted by Gasteiger charge is -2.07. The van der Waals surface area contributed by atoms with E-state index in [1.165, 1.54) is 57.8 Å². The summed E-state index contributed by atoms with van der Waals surface area (Å²) in [5.41, 5.74) is 0. The zero-order valence-electron chi connectivity index (χ0n) is 14.7. The largest absolute Gasteiger partial charge is 0.393 e. The van der Waals surface area contributed by atoms with E-state index in [9.17, 15) is 9.90 Å². The SMILES string of the molecule is CCCCCCC(O)C/C=C/CCCCCCCCC[C]=O. The van der Waals surface area contributed by atoms with Crippen LogP contribution < -0.4 is 0 Å². The molecule has 0 saturated carbocycles. The highest BCUT2D eigenvalue weighted by Crippen LogP contribution is 2.11. The first-order chi connectivity index (χ1) is 10.8. The molecule has 0 fully saturated rings. The minimum Gasteiger partial charge on any atom is -0.393 e. The van der Waals surface area contributed by atoms with Crippen LogP contribution in [-0.2, 0) is 4.79 Å². The molecule has 0 aromatic rings. The summed E-state index contributed by atoms with van der Waals surface area (Å²) in [6.07, 6.45) is 23.2. The summed E-state index contributed by atoms with van der Waals surface area (Å²) in [5, 5.41) is 9.83. The van der Waals surface area contributed by atoms with E-state index in [0.717, 1.165) is 32.1 Å². The average Bonchev–Trinajstić information content (AvgIpc) is 2.52. The van der Waals surface area contributed by atoms with Crippen LogP contribution in [0.25, 0.3) is 0 Å². The number of allylic oxidation sites excluding steroid dienone is 1. The molecule has 0 aliphatic heterocycles. The maximum Gasteiger partial charge on any atom is 0.198 e. The quantitative estimate of drug-likeness (QED) is 0.269. The van der Waals surface area contributed by atoms with Crippen LogP contribution in [0.1, 0.15) is 103 Å². The van der Waals surface area contributed by atoms with E-state index in [0.29, 0.717) is 6.42 Å². The van der Waals surface area contributed by atoms with Gasteiger partial charge in [-0.05, 0) is 32.1 Å². The zero-order valence-corrected chi connectivity index (χ0v) is 14.7. The van der Waals surface area contributed by atoms with Gasteiger partial charge in [0.1, 0.15) is 0 Å². The zero-order chi connectivity index (χ0) is 16.3. The van der Waals surface area contributed by atoms with Crippen LogP contribution in [0.3, 0.4) is 0 Å². The summed E-state index contributed by atoms with van der Waals surface area (Å²) in [7, 11) is 0. The first-order valence-corrected chi connectivity index (χ1v) is 9.49. The van der Waals surface area contributed by atoms with Crippen molar-refractivity contribution in [3.05, 3.63) is 12.2 Å². The Balaban J connectivity index is 3.21. The van der Waals surface area contributed by atoms with Crippen molar-refractivity contribution in [1.82, 2.24) is 0 Å². The Kier molecular flexibility index (Phi) is 17.9. The molecule has 1 atom stereocenters. The van der Waals surface area contributed by atoms with Crippen LogP contribution in [0.15, 0.2) is 12.2 Å². The molecule has 1 unspecified atom stereocenters. The van der Waals surface area contributed by atoms with Gasteiger partial charge in [-0.2, -0.15) is 0 Å². The molecule has 22 heavy (non-hydrogen) atoms. The first-order valence-electron chi connectivity index (χ1n) is 9.49. The second-order valence-electron chi connectivity index (χ2n) is 6.37. The minimum absolute atomic E-state index is 0.142. The first kappa shape index (κ1) is 21.4. The van der Waals surface area contributed by atoms with E-state index in [1.54, 1.807) is 0 Å². The van der Waals surface area contributed by atoms with E-state index in [1.807, 2.05) is 6.29 Å². The molecule has 0 rings (SSSR count). The highest BCUT2D eigenvalue weighted by molar-refractivity contribution is 5.50. The summed E-state index contributed by atoms with van der Waals surface area (Å²) in [4.78, 5) is 10.0. The number of aliphatic hydroxyl groups excluding tert-OH is 1. The molecule has 1 N–H and O–H groups in total. The monoisotopic (exact) mass is 309 g/mol. The molecule has 0 aliphatic rings. The van der Waals surface area contributed by atoms with Crippen molar-refractivity contribution in [1.29, 1.82) is 0 Å². The van der Waals surface area contributed by atoms with E-state index in [2.05, 4.69) is 19.1 Å². The fourth-order valence-corrected chi connectivity index (χ4v) is 2.64. The molecule has 1 radical (unpaired) electrons. The number of hydrogen-bond donors (Lipinski definition) is 1. The van der Waals surface area contributed by atoms with Gasteiger partial charge in [0.2, 0.25) is 0 Å². The van der Waals surface area contributed by atoms with Crippen LogP contribution in [0, 0.1) is 0 Å². The molecule has 0 aliphatic carbocycles. The molecule has 2 nitrogen and oxygen atoms in total. The molecule has 2 heteroatoms. The number of rotatable bonds is 17. The van der Waals surface area contributed by atoms with E-state index in [4.69, 9.17) is 0 Å². The van der Waals surface area contributed by atoms with Gasteiger partial charge in [-0.1, -0.05) is 76.9 Å². The smallest absolute Gasteiger partial charge is 0.198 e. The number of unbranched alkanes of at least 4 members (excludes halogenated alkanes) is 11. The maximum atomic E-state index is 10.0. The summed E-state index contributed by atoms with van der Waals surface area (Å²) in [6, 6.07) is 0. The topological polar surface area (TPSA) is 37.3 Å². The van der Waals surface area contributed by atoms with Gasteiger partial charge >= 0.3 is 0 Å². The second kappa shape index (κ2) is 18.4. The lowest BCUT2D eigenvalue weighted by molar-refractivity contribution is 0.163. The van der Waals surface area contributed by atoms with Crippen molar-refractivity contribution in [2.75, 3.05) is 0 Å². The van der Waals surface area contributed by atoms with E-state index < -0.39 is 0 Å². The van der Waals surface area contributed by atoms with Gasteiger partial charge in [0.15, 0.2) is 6.29 Å². The lowest BCUT2D eigenvalue weighted by atomic mass is 10.1. The van der Waals surface area contributed by atoms with Crippen LogP contribution in [0.4, 0.5) is 0 Å². The summed E-state index contributed by atoms with van der Waals surface area (Å²) < 4.78 is 0. The normalized spacial score (nSPS) is 12.8. The van der Waals surface area contributed by atoms with Crippen LogP contribution >= 0.6 is 0 Å². The lowest BCUT2D eigenvalue weighted by Crippen LogP contribution is -2.04. The maximum absolute atomic E-state index is 10.0. The van der Waals surface area contributed by atoms with Gasteiger partial charge in [0.25, 0.3) is 0 Å². The van der Waals surface area contributed by atoms with Crippen LogP contribution in [0.5, 0.6) is 0 Å². The van der Waals surface area contributed by atoms with Crippen molar-refractivity contribution >= 4 is 6.29 Å². The van der Waals surface area contributed by atoms with E-state index >= 15 is 0 Å². The fraction of sp³-hybridized carbons (Fsp3) is 0.850. The van der Waals surface area contributed by atoms with Gasteiger partial charge < -0.3 is 5.11 Å². The van der Waals surface area contributed by atoms with Gasteiger partial charge in [0.05, 0.1) is 6.10 Å². The molecule has 0 amide bonds. The van der Waals surface area contributed by atoms with Gasteiger partial charge in [0, 0.05) is 6.42 Å². The van der Waals surface area contributed by atoms with Gasteiger partial charge in [-0.3, -0.25) is 4.79 Å². The molecule has 129 valence electrons. The predicted molar refractivity (Wildman–Crippen MR) is 95.8 cm³/mol. The Morgan fingerprint density at radius 2 is 1.50 bits per heavy atom. The molecule has 0 saturated heterocycles. The van der Waals surface area contributed by atoms with Crippen LogP contribution in [-0.4, -0.2) is 17.5 Å². The minimum atomic E-state index is -0.142. The Morgan fingerprint density at radius 1 is 0.864 bits per heavy atom. The third kappa shape index (κ3) is 17.4. The number of aliphatic hydroxyl groups is 1. The third-order valence-corrected chi connectivity index (χ3v) is 4.12. The molecular weight excluding hydrogens is 272 g/mol. The molecule has 0 aromatic carbocycles. The van der Waals surface area contributed by atoms with Crippen LogP contribution in [0.2, 0.25) is 0 Å². The number of hydrogen-bond acceptors (Lipinski definition) is 2. The van der Waals surface area contributed by atoms with Gasteiger partial charge in [-0.25, -0.2) is 0 Å². The molecule has 0 heterocycles. The van der Waals surface area contributed by atoms with Crippen molar-refractivity contribution in [2.45, 2.75) is 109 Å². The molecule has 0 spiro atoms. The Hall–Kier alpha value is -0.630. The third-order valence-electron chi connectivity index (χ3n) is 4.12. The van der Waals surface area contributed by atoms with Crippen molar-refractivity contribution in [3.63, 3.8) is 0 Å². The number of carbonyl (C=O) groups excluding carboxylic acids is 1.